The van der Waals surface area contributed by atoms with E-state index in [4.69, 9.17) is 11.6 Å². The first kappa shape index (κ1) is 14.0. The summed E-state index contributed by atoms with van der Waals surface area (Å²) in [6.45, 7) is 2.60. The van der Waals surface area contributed by atoms with Crippen LogP contribution < -0.4 is 5.32 Å². The van der Waals surface area contributed by atoms with Crippen molar-refractivity contribution in [3.8, 4) is 10.7 Å². The molecule has 0 radical (unpaired) electrons. The molecule has 0 aliphatic rings. The van der Waals surface area contributed by atoms with Gasteiger partial charge in [0.2, 0.25) is 0 Å². The fourth-order valence-electron chi connectivity index (χ4n) is 1.91. The first-order valence-corrected chi connectivity index (χ1v) is 7.70. The number of anilines is 1. The number of nitrogens with one attached hydrogen (secondary N) is 1. The molecule has 0 bridgehead atoms. The van der Waals surface area contributed by atoms with Gasteiger partial charge in [0.1, 0.15) is 5.01 Å². The highest BCUT2D eigenvalue weighted by atomic mass is 35.5. The summed E-state index contributed by atoms with van der Waals surface area (Å²) in [6, 6.07) is 7.74. The lowest BCUT2D eigenvalue weighted by atomic mass is 10.2. The number of thiazole rings is 1. The van der Waals surface area contributed by atoms with Crippen LogP contribution in [0.2, 0.25) is 5.15 Å². The van der Waals surface area contributed by atoms with Gasteiger partial charge in [0.15, 0.2) is 5.15 Å². The molecule has 0 spiro atoms. The van der Waals surface area contributed by atoms with E-state index in [2.05, 4.69) is 20.3 Å². The Labute approximate surface area is 131 Å². The van der Waals surface area contributed by atoms with E-state index in [1.165, 1.54) is 0 Å². The molecule has 0 fully saturated rings. The first-order valence-electron chi connectivity index (χ1n) is 6.45. The van der Waals surface area contributed by atoms with Crippen molar-refractivity contribution in [2.45, 2.75) is 13.5 Å². The van der Waals surface area contributed by atoms with Crippen molar-refractivity contribution < 1.29 is 0 Å². The van der Waals surface area contributed by atoms with Gasteiger partial charge in [-0.25, -0.2) is 9.97 Å². The predicted octanol–water partition coefficient (Wildman–Crippen LogP) is 4.17. The normalized spacial score (nSPS) is 10.6. The average molecular weight is 317 g/mol. The highest BCUT2D eigenvalue weighted by Gasteiger charge is 2.08. The smallest absolute Gasteiger partial charge is 0.152 e. The maximum absolute atomic E-state index is 6.10. The van der Waals surface area contributed by atoms with Gasteiger partial charge in [-0.2, -0.15) is 0 Å². The summed E-state index contributed by atoms with van der Waals surface area (Å²) in [6.07, 6.45) is 3.47. The van der Waals surface area contributed by atoms with Crippen LogP contribution in [0.5, 0.6) is 0 Å². The van der Waals surface area contributed by atoms with Crippen LogP contribution in [0.25, 0.3) is 10.7 Å². The molecule has 0 aliphatic heterocycles. The summed E-state index contributed by atoms with van der Waals surface area (Å²) < 4.78 is 0. The molecule has 0 amide bonds. The Morgan fingerprint density at radius 1 is 1.19 bits per heavy atom. The highest BCUT2D eigenvalue weighted by Crippen LogP contribution is 2.25. The van der Waals surface area contributed by atoms with Gasteiger partial charge in [-0.1, -0.05) is 17.7 Å². The van der Waals surface area contributed by atoms with Crippen molar-refractivity contribution in [2.24, 2.45) is 0 Å². The number of aryl methyl sites for hydroxylation is 1. The lowest BCUT2D eigenvalue weighted by Gasteiger charge is -2.09. The molecule has 3 aromatic heterocycles. The number of nitrogens with zero attached hydrogens (tertiary/aromatic N) is 3. The van der Waals surface area contributed by atoms with Gasteiger partial charge in [0.05, 0.1) is 23.6 Å². The van der Waals surface area contributed by atoms with E-state index in [1.807, 2.05) is 36.6 Å². The van der Waals surface area contributed by atoms with E-state index in [1.54, 1.807) is 23.7 Å². The molecular formula is C15H13ClN4S. The lowest BCUT2D eigenvalue weighted by Crippen LogP contribution is -2.02. The van der Waals surface area contributed by atoms with Crippen LogP contribution in [0.15, 0.2) is 42.0 Å². The number of halogens is 1. The van der Waals surface area contributed by atoms with Gasteiger partial charge in [-0.05, 0) is 30.7 Å². The molecule has 0 saturated carbocycles. The maximum Gasteiger partial charge on any atom is 0.152 e. The zero-order valence-electron chi connectivity index (χ0n) is 11.4. The molecule has 0 unspecified atom stereocenters. The van der Waals surface area contributed by atoms with Gasteiger partial charge in [0.25, 0.3) is 0 Å². The van der Waals surface area contributed by atoms with E-state index < -0.39 is 0 Å². The van der Waals surface area contributed by atoms with Crippen LogP contribution in [0.4, 0.5) is 5.69 Å². The minimum absolute atomic E-state index is 0.482. The maximum atomic E-state index is 6.10. The third-order valence-electron chi connectivity index (χ3n) is 3.00. The summed E-state index contributed by atoms with van der Waals surface area (Å²) in [7, 11) is 0. The number of hydrogen-bond acceptors (Lipinski definition) is 5. The minimum Gasteiger partial charge on any atom is -0.377 e. The highest BCUT2D eigenvalue weighted by molar-refractivity contribution is 7.13. The molecule has 3 aromatic rings. The van der Waals surface area contributed by atoms with E-state index in [0.717, 1.165) is 27.6 Å². The largest absolute Gasteiger partial charge is 0.377 e. The van der Waals surface area contributed by atoms with Crippen molar-refractivity contribution >= 4 is 28.6 Å². The Morgan fingerprint density at radius 2 is 2.10 bits per heavy atom. The fourth-order valence-corrected chi connectivity index (χ4v) is 2.98. The lowest BCUT2D eigenvalue weighted by molar-refractivity contribution is 1.06. The quantitative estimate of drug-likeness (QED) is 0.734. The van der Waals surface area contributed by atoms with E-state index in [9.17, 15) is 0 Å². The van der Waals surface area contributed by atoms with Crippen molar-refractivity contribution in [3.63, 3.8) is 0 Å². The average Bonchev–Trinajstić information content (AvgIpc) is 2.97. The molecule has 0 saturated heterocycles. The van der Waals surface area contributed by atoms with Crippen molar-refractivity contribution in [2.75, 3.05) is 5.32 Å². The molecule has 3 rings (SSSR count). The molecule has 21 heavy (non-hydrogen) atoms. The molecule has 0 aromatic carbocycles. The molecule has 6 heteroatoms. The topological polar surface area (TPSA) is 50.7 Å². The van der Waals surface area contributed by atoms with Gasteiger partial charge < -0.3 is 5.32 Å². The van der Waals surface area contributed by atoms with E-state index in [-0.39, 0.29) is 0 Å². The first-order chi connectivity index (χ1) is 10.2. The van der Waals surface area contributed by atoms with Gasteiger partial charge in [-0.3, -0.25) is 4.98 Å². The predicted molar refractivity (Wildman–Crippen MR) is 86.7 cm³/mol. The second-order valence-corrected chi connectivity index (χ2v) is 5.72. The second kappa shape index (κ2) is 6.20. The van der Waals surface area contributed by atoms with Crippen molar-refractivity contribution in [3.05, 3.63) is 58.4 Å². The number of aromatic nitrogens is 3. The Kier molecular flexibility index (Phi) is 4.13. The molecule has 0 aliphatic carbocycles. The monoisotopic (exact) mass is 316 g/mol. The van der Waals surface area contributed by atoms with Crippen LogP contribution in [0.1, 0.15) is 11.3 Å². The van der Waals surface area contributed by atoms with Crippen molar-refractivity contribution in [1.82, 2.24) is 15.0 Å². The molecule has 1 N–H and O–H groups in total. The van der Waals surface area contributed by atoms with Crippen LogP contribution in [-0.4, -0.2) is 15.0 Å². The molecular weight excluding hydrogens is 304 g/mol. The van der Waals surface area contributed by atoms with Crippen molar-refractivity contribution in [1.29, 1.82) is 0 Å². The summed E-state index contributed by atoms with van der Waals surface area (Å²) in [5.41, 5.74) is 3.77. The Balaban J connectivity index is 1.74. The van der Waals surface area contributed by atoms with Gasteiger partial charge in [-0.15, -0.1) is 11.3 Å². The van der Waals surface area contributed by atoms with Crippen LogP contribution >= 0.6 is 22.9 Å². The minimum atomic E-state index is 0.482. The van der Waals surface area contributed by atoms with Crippen LogP contribution in [0.3, 0.4) is 0 Å². The standard InChI is InChI=1S/C15H13ClN4S/c1-10-5-7-18-14(16)13(10)19-8-11-9-21-15(20-11)12-4-2-3-6-17-12/h2-7,9,19H,8H2,1H3. The summed E-state index contributed by atoms with van der Waals surface area (Å²) in [4.78, 5) is 13.0. The SMILES string of the molecule is Cc1ccnc(Cl)c1NCc1csc(-c2ccccn2)n1. The van der Waals surface area contributed by atoms with Crippen LogP contribution in [-0.2, 0) is 6.54 Å². The Morgan fingerprint density at radius 3 is 2.86 bits per heavy atom. The fraction of sp³-hybridized carbons (Fsp3) is 0.133. The number of pyridine rings is 2. The summed E-state index contributed by atoms with van der Waals surface area (Å²) >= 11 is 7.68. The zero-order valence-corrected chi connectivity index (χ0v) is 12.9. The molecule has 106 valence electrons. The molecule has 3 heterocycles. The second-order valence-electron chi connectivity index (χ2n) is 4.51. The summed E-state index contributed by atoms with van der Waals surface area (Å²) in [5.74, 6) is 0. The van der Waals surface area contributed by atoms with E-state index in [0.29, 0.717) is 11.7 Å². The molecule has 4 nitrogen and oxygen atoms in total. The summed E-state index contributed by atoms with van der Waals surface area (Å²) in [5, 5.41) is 6.72. The van der Waals surface area contributed by atoms with Gasteiger partial charge >= 0.3 is 0 Å². The van der Waals surface area contributed by atoms with E-state index >= 15 is 0 Å². The van der Waals surface area contributed by atoms with Gasteiger partial charge in [0, 0.05) is 17.8 Å². The third kappa shape index (κ3) is 3.20. The van der Waals surface area contributed by atoms with Crippen LogP contribution in [0, 0.1) is 6.92 Å². The Bertz CT molecular complexity index is 722. The Hall–Kier alpha value is -1.98. The number of hydrogen-bond donors (Lipinski definition) is 1. The third-order valence-corrected chi connectivity index (χ3v) is 4.20. The molecule has 0 atom stereocenters. The zero-order chi connectivity index (χ0) is 14.7. The number of rotatable bonds is 4.